The maximum Gasteiger partial charge on any atom is 0.573 e. The molecule has 1 aromatic carbocycles. The van der Waals surface area contributed by atoms with Gasteiger partial charge in [0.25, 0.3) is 0 Å². The molecule has 7 nitrogen and oxygen atoms in total. The number of hydrogen-bond donors (Lipinski definition) is 2. The number of nitrogens with one attached hydrogen (secondary N) is 1. The van der Waals surface area contributed by atoms with Crippen LogP contribution >= 0.6 is 0 Å². The fourth-order valence-electron chi connectivity index (χ4n) is 4.02. The van der Waals surface area contributed by atoms with Gasteiger partial charge in [-0.3, -0.25) is 4.79 Å². The first kappa shape index (κ1) is 24.6. The summed E-state index contributed by atoms with van der Waals surface area (Å²) in [6.07, 6.45) is -6.67. The summed E-state index contributed by atoms with van der Waals surface area (Å²) in [5.74, 6) is -1.30. The molecule has 0 spiro atoms. The third-order valence-electron chi connectivity index (χ3n) is 5.75. The summed E-state index contributed by atoms with van der Waals surface area (Å²) in [5.41, 5.74) is 6.02. The Labute approximate surface area is 182 Å². The van der Waals surface area contributed by atoms with E-state index in [0.717, 1.165) is 29.2 Å². The van der Waals surface area contributed by atoms with Crippen molar-refractivity contribution in [3.05, 3.63) is 24.3 Å². The van der Waals surface area contributed by atoms with Crippen LogP contribution in [0.4, 0.5) is 22.0 Å². The molecule has 3 N–H and O–H groups in total. The fourth-order valence-corrected chi connectivity index (χ4v) is 5.33. The van der Waals surface area contributed by atoms with Gasteiger partial charge < -0.3 is 15.4 Å². The second kappa shape index (κ2) is 9.48. The predicted octanol–water partition coefficient (Wildman–Crippen LogP) is 2.27. The van der Waals surface area contributed by atoms with Crippen molar-refractivity contribution in [2.45, 2.75) is 61.4 Å². The predicted molar refractivity (Wildman–Crippen MR) is 104 cm³/mol. The Kier molecular flexibility index (Phi) is 7.30. The Morgan fingerprint density at radius 3 is 2.09 bits per heavy atom. The van der Waals surface area contributed by atoms with Crippen molar-refractivity contribution < 1.29 is 39.9 Å². The van der Waals surface area contributed by atoms with Gasteiger partial charge in [-0.1, -0.05) is 0 Å². The molecule has 0 unspecified atom stereocenters. The molecule has 1 aliphatic heterocycles. The molecule has 180 valence electrons. The number of sulfonamides is 1. The molecule has 1 amide bonds. The largest absolute Gasteiger partial charge is 0.573 e. The van der Waals surface area contributed by atoms with E-state index < -0.39 is 52.5 Å². The zero-order valence-corrected chi connectivity index (χ0v) is 17.7. The van der Waals surface area contributed by atoms with Crippen LogP contribution in [0.25, 0.3) is 0 Å². The van der Waals surface area contributed by atoms with Crippen LogP contribution in [0.2, 0.25) is 0 Å². The number of carbonyl (C=O) groups excluding carboxylic acids is 1. The molecule has 1 aliphatic carbocycles. The number of nitrogens with zero attached hydrogens (tertiary/aromatic N) is 1. The molecule has 0 bridgehead atoms. The van der Waals surface area contributed by atoms with E-state index in [1.54, 1.807) is 0 Å². The van der Waals surface area contributed by atoms with E-state index in [0.29, 0.717) is 25.7 Å². The first-order valence-electron chi connectivity index (χ1n) is 10.1. The van der Waals surface area contributed by atoms with Crippen LogP contribution in [-0.4, -0.2) is 63.1 Å². The number of ether oxygens (including phenoxy) is 1. The lowest BCUT2D eigenvalue weighted by atomic mass is 9.81. The third kappa shape index (κ3) is 6.07. The Hall–Kier alpha value is -1.99. The zero-order chi connectivity index (χ0) is 23.7. The van der Waals surface area contributed by atoms with Gasteiger partial charge in [0.2, 0.25) is 15.9 Å². The van der Waals surface area contributed by atoms with Gasteiger partial charge in [0.05, 0.1) is 24.0 Å². The van der Waals surface area contributed by atoms with E-state index in [4.69, 9.17) is 5.73 Å². The lowest BCUT2D eigenvalue weighted by Crippen LogP contribution is -2.49. The lowest BCUT2D eigenvalue weighted by Gasteiger charge is -2.33. The summed E-state index contributed by atoms with van der Waals surface area (Å²) >= 11 is 0. The van der Waals surface area contributed by atoms with Crippen LogP contribution in [0.5, 0.6) is 5.75 Å². The van der Waals surface area contributed by atoms with Gasteiger partial charge in [0.15, 0.2) is 12.3 Å². The van der Waals surface area contributed by atoms with Crippen molar-refractivity contribution in [3.63, 3.8) is 0 Å². The standard InChI is InChI=1S/C19H24F5N3O4S/c20-15-9-27(10-16(15)21)18(28)17(25)11-1-3-12(4-2-11)26-32(29,30)14-7-5-13(6-8-14)31-19(22,23)24/h5-8,11-12,15-17,26H,1-4,9-10,25H2/t11?,12?,15-,16-,17+/m1/s1. The average molecular weight is 485 g/mol. The minimum absolute atomic E-state index is 0.211. The summed E-state index contributed by atoms with van der Waals surface area (Å²) in [7, 11) is -3.98. The van der Waals surface area contributed by atoms with E-state index in [1.165, 1.54) is 0 Å². The first-order valence-corrected chi connectivity index (χ1v) is 11.5. The van der Waals surface area contributed by atoms with Gasteiger partial charge >= 0.3 is 6.36 Å². The number of carbonyl (C=O) groups is 1. The molecular formula is C19H24F5N3O4S. The molecule has 1 saturated carbocycles. The number of halogens is 5. The molecule has 1 aromatic rings. The van der Waals surface area contributed by atoms with Crippen LogP contribution in [0.3, 0.4) is 0 Å². The van der Waals surface area contributed by atoms with Crippen molar-refractivity contribution >= 4 is 15.9 Å². The Morgan fingerprint density at radius 2 is 1.59 bits per heavy atom. The molecular weight excluding hydrogens is 461 g/mol. The van der Waals surface area contributed by atoms with E-state index in [9.17, 15) is 35.2 Å². The highest BCUT2D eigenvalue weighted by Crippen LogP contribution is 2.30. The number of likely N-dealkylation sites (tertiary alicyclic amines) is 1. The summed E-state index contributed by atoms with van der Waals surface area (Å²) in [5, 5.41) is 0. The minimum Gasteiger partial charge on any atom is -0.406 e. The number of hydrogen-bond acceptors (Lipinski definition) is 5. The number of rotatable bonds is 6. The highest BCUT2D eigenvalue weighted by molar-refractivity contribution is 7.89. The quantitative estimate of drug-likeness (QED) is 0.602. The van der Waals surface area contributed by atoms with Crippen LogP contribution in [0.1, 0.15) is 25.7 Å². The number of nitrogens with two attached hydrogens (primary N) is 1. The maximum absolute atomic E-state index is 13.3. The van der Waals surface area contributed by atoms with Crippen LogP contribution < -0.4 is 15.2 Å². The van der Waals surface area contributed by atoms with Gasteiger partial charge in [0.1, 0.15) is 5.75 Å². The lowest BCUT2D eigenvalue weighted by molar-refractivity contribution is -0.274. The monoisotopic (exact) mass is 485 g/mol. The number of benzene rings is 1. The Bertz CT molecular complexity index is 895. The first-order chi connectivity index (χ1) is 14.9. The van der Waals surface area contributed by atoms with Crippen molar-refractivity contribution in [1.29, 1.82) is 0 Å². The van der Waals surface area contributed by atoms with Crippen LogP contribution in [0.15, 0.2) is 29.2 Å². The van der Waals surface area contributed by atoms with Gasteiger partial charge in [-0.25, -0.2) is 21.9 Å². The molecule has 3 atom stereocenters. The number of amides is 1. The molecule has 0 radical (unpaired) electrons. The fraction of sp³-hybridized carbons (Fsp3) is 0.632. The minimum atomic E-state index is -4.88. The second-order valence-electron chi connectivity index (χ2n) is 8.05. The van der Waals surface area contributed by atoms with E-state index in [2.05, 4.69) is 9.46 Å². The van der Waals surface area contributed by atoms with Crippen molar-refractivity contribution in [3.8, 4) is 5.75 Å². The van der Waals surface area contributed by atoms with Crippen LogP contribution in [0, 0.1) is 5.92 Å². The van der Waals surface area contributed by atoms with E-state index >= 15 is 0 Å². The van der Waals surface area contributed by atoms with Crippen molar-refractivity contribution in [2.75, 3.05) is 13.1 Å². The van der Waals surface area contributed by atoms with Gasteiger partial charge in [-0.15, -0.1) is 13.2 Å². The zero-order valence-electron chi connectivity index (χ0n) is 16.9. The topological polar surface area (TPSA) is 102 Å². The third-order valence-corrected chi connectivity index (χ3v) is 7.28. The van der Waals surface area contributed by atoms with E-state index in [-0.39, 0.29) is 23.9 Å². The van der Waals surface area contributed by atoms with E-state index in [1.807, 2.05) is 0 Å². The van der Waals surface area contributed by atoms with Crippen molar-refractivity contribution in [2.24, 2.45) is 11.7 Å². The summed E-state index contributed by atoms with van der Waals surface area (Å²) < 4.78 is 94.6. The normalized spacial score (nSPS) is 27.9. The molecule has 1 saturated heterocycles. The average Bonchev–Trinajstić information content (AvgIpc) is 3.05. The van der Waals surface area contributed by atoms with Gasteiger partial charge in [-0.2, -0.15) is 0 Å². The van der Waals surface area contributed by atoms with Crippen molar-refractivity contribution in [1.82, 2.24) is 9.62 Å². The van der Waals surface area contributed by atoms with Gasteiger partial charge in [0, 0.05) is 6.04 Å². The molecule has 2 aliphatic rings. The SMILES string of the molecule is N[C@H](C(=O)N1C[C@@H](F)[C@H](F)C1)C1CCC(NS(=O)(=O)c2ccc(OC(F)(F)F)cc2)CC1. The highest BCUT2D eigenvalue weighted by Gasteiger charge is 2.40. The summed E-state index contributed by atoms with van der Waals surface area (Å²) in [6, 6.07) is 2.47. The molecule has 1 heterocycles. The molecule has 3 rings (SSSR count). The smallest absolute Gasteiger partial charge is 0.406 e. The van der Waals surface area contributed by atoms with Crippen LogP contribution in [-0.2, 0) is 14.8 Å². The van der Waals surface area contributed by atoms with Gasteiger partial charge in [-0.05, 0) is 55.9 Å². The summed E-state index contributed by atoms with van der Waals surface area (Å²) in [6.45, 7) is -0.648. The molecule has 13 heteroatoms. The Morgan fingerprint density at radius 1 is 1.06 bits per heavy atom. The highest BCUT2D eigenvalue weighted by atomic mass is 32.2. The molecule has 32 heavy (non-hydrogen) atoms. The number of alkyl halides is 5. The second-order valence-corrected chi connectivity index (χ2v) is 9.77. The maximum atomic E-state index is 13.3. The Balaban J connectivity index is 1.52. The summed E-state index contributed by atoms with van der Waals surface area (Å²) in [4.78, 5) is 13.3. The molecule has 2 fully saturated rings. The molecule has 0 aromatic heterocycles.